The first-order valence-corrected chi connectivity index (χ1v) is 10.1. The maximum atomic E-state index is 13.0. The Morgan fingerprint density at radius 3 is 2.85 bits per heavy atom. The van der Waals surface area contributed by atoms with Crippen LogP contribution >= 0.6 is 23.7 Å². The second-order valence-corrected chi connectivity index (χ2v) is 7.47. The molecule has 0 amide bonds. The van der Waals surface area contributed by atoms with Gasteiger partial charge >= 0.3 is 0 Å². The highest BCUT2D eigenvalue weighted by Gasteiger charge is 2.16. The molecule has 5 nitrogen and oxygen atoms in total. The second kappa shape index (κ2) is 8.87. The number of hydrogen-bond donors (Lipinski definition) is 1. The fourth-order valence-corrected chi connectivity index (χ4v) is 4.44. The van der Waals surface area contributed by atoms with Crippen molar-refractivity contribution in [2.24, 2.45) is 0 Å². The molecule has 3 heterocycles. The van der Waals surface area contributed by atoms with Crippen molar-refractivity contribution in [1.29, 1.82) is 0 Å². The summed E-state index contributed by atoms with van der Waals surface area (Å²) in [7, 11) is 0. The van der Waals surface area contributed by atoms with Crippen molar-refractivity contribution in [3.63, 3.8) is 0 Å². The number of fused-ring (bicyclic) bond motifs is 1. The minimum absolute atomic E-state index is 0. The number of nitrogens with zero attached hydrogens (tertiary/aromatic N) is 2. The summed E-state index contributed by atoms with van der Waals surface area (Å²) < 4.78 is 7.26. The third-order valence-corrected chi connectivity index (χ3v) is 5.80. The Bertz CT molecular complexity index is 946. The van der Waals surface area contributed by atoms with Gasteiger partial charge in [-0.2, -0.15) is 0 Å². The summed E-state index contributed by atoms with van der Waals surface area (Å²) in [4.78, 5) is 18.4. The molecule has 0 aliphatic carbocycles. The molecular weight excluding hydrogens is 382 g/mol. The predicted molar refractivity (Wildman–Crippen MR) is 113 cm³/mol. The first kappa shape index (κ1) is 19.9. The van der Waals surface area contributed by atoms with E-state index in [4.69, 9.17) is 4.74 Å². The van der Waals surface area contributed by atoms with E-state index in [1.165, 1.54) is 24.2 Å². The zero-order valence-electron chi connectivity index (χ0n) is 15.3. The second-order valence-electron chi connectivity index (χ2n) is 6.61. The number of benzene rings is 1. The molecule has 3 aromatic rings. The lowest BCUT2D eigenvalue weighted by Crippen LogP contribution is -2.27. The van der Waals surface area contributed by atoms with Gasteiger partial charge < -0.3 is 10.1 Å². The van der Waals surface area contributed by atoms with Crippen LogP contribution in [0, 0.1) is 0 Å². The maximum absolute atomic E-state index is 13.0. The number of hydrogen-bond acceptors (Lipinski definition) is 5. The van der Waals surface area contributed by atoms with Crippen molar-refractivity contribution >= 4 is 34.0 Å². The van der Waals surface area contributed by atoms with E-state index in [0.717, 1.165) is 40.1 Å². The summed E-state index contributed by atoms with van der Waals surface area (Å²) in [6.07, 6.45) is 5.08. The number of rotatable bonds is 6. The van der Waals surface area contributed by atoms with Gasteiger partial charge in [0.25, 0.3) is 5.56 Å². The third kappa shape index (κ3) is 4.18. The van der Waals surface area contributed by atoms with Gasteiger partial charge in [0.1, 0.15) is 10.6 Å². The van der Waals surface area contributed by atoms with E-state index in [9.17, 15) is 4.79 Å². The van der Waals surface area contributed by atoms with Gasteiger partial charge in [-0.1, -0.05) is 12.1 Å². The summed E-state index contributed by atoms with van der Waals surface area (Å²) in [5.41, 5.74) is 2.03. The van der Waals surface area contributed by atoms with Crippen LogP contribution in [0.4, 0.5) is 0 Å². The molecule has 4 rings (SSSR count). The Morgan fingerprint density at radius 2 is 2.15 bits per heavy atom. The Morgan fingerprint density at radius 1 is 1.33 bits per heavy atom. The topological polar surface area (TPSA) is 56.1 Å². The number of ether oxygens (including phenoxy) is 1. The molecule has 0 spiro atoms. The average molecular weight is 406 g/mol. The minimum Gasteiger partial charge on any atom is -0.494 e. The van der Waals surface area contributed by atoms with E-state index in [1.54, 1.807) is 10.9 Å². The average Bonchev–Trinajstić information content (AvgIpc) is 3.32. The molecule has 1 aliphatic heterocycles. The minimum atomic E-state index is 0. The standard InChI is InChI=1S/C20H23N3O2S.ClH/c1-2-25-16-7-5-14(6-8-16)17-12-26-19-18(17)20(24)23(13-22-19)11-9-15-4-3-10-21-15;/h5-8,12-13,15,21H,2-4,9-11H2,1H3;1H/t15-;/m0./s1. The molecule has 2 aromatic heterocycles. The fourth-order valence-electron chi connectivity index (χ4n) is 3.53. The smallest absolute Gasteiger partial charge is 0.262 e. The predicted octanol–water partition coefficient (Wildman–Crippen LogP) is 4.09. The van der Waals surface area contributed by atoms with Gasteiger partial charge in [0.15, 0.2) is 0 Å². The molecule has 0 saturated carbocycles. The van der Waals surface area contributed by atoms with Crippen LogP contribution in [0.5, 0.6) is 5.75 Å². The van der Waals surface area contributed by atoms with Gasteiger partial charge in [-0.25, -0.2) is 4.98 Å². The number of halogens is 1. The number of aryl methyl sites for hydroxylation is 1. The highest BCUT2D eigenvalue weighted by molar-refractivity contribution is 7.17. The van der Waals surface area contributed by atoms with E-state index in [0.29, 0.717) is 19.2 Å². The van der Waals surface area contributed by atoms with Crippen molar-refractivity contribution in [1.82, 2.24) is 14.9 Å². The van der Waals surface area contributed by atoms with Crippen molar-refractivity contribution in [3.05, 3.63) is 46.3 Å². The van der Waals surface area contributed by atoms with Crippen LogP contribution < -0.4 is 15.6 Å². The largest absolute Gasteiger partial charge is 0.494 e. The van der Waals surface area contributed by atoms with Gasteiger partial charge in [0, 0.05) is 23.5 Å². The van der Waals surface area contributed by atoms with Gasteiger partial charge in [-0.3, -0.25) is 9.36 Å². The lowest BCUT2D eigenvalue weighted by atomic mass is 10.1. The zero-order chi connectivity index (χ0) is 17.9. The molecule has 1 saturated heterocycles. The summed E-state index contributed by atoms with van der Waals surface area (Å²) in [6, 6.07) is 8.43. The lowest BCUT2D eigenvalue weighted by molar-refractivity contribution is 0.340. The summed E-state index contributed by atoms with van der Waals surface area (Å²) in [5.74, 6) is 0.843. The monoisotopic (exact) mass is 405 g/mol. The molecule has 7 heteroatoms. The van der Waals surface area contributed by atoms with Crippen molar-refractivity contribution in [3.8, 4) is 16.9 Å². The van der Waals surface area contributed by atoms with Crippen molar-refractivity contribution in [2.45, 2.75) is 38.8 Å². The molecule has 144 valence electrons. The van der Waals surface area contributed by atoms with Crippen LogP contribution in [0.3, 0.4) is 0 Å². The molecule has 0 radical (unpaired) electrons. The zero-order valence-corrected chi connectivity index (χ0v) is 16.9. The summed E-state index contributed by atoms with van der Waals surface area (Å²) in [5, 5.41) is 6.23. The van der Waals surface area contributed by atoms with E-state index >= 15 is 0 Å². The normalized spacial score (nSPS) is 16.4. The fraction of sp³-hybridized carbons (Fsp3) is 0.400. The quantitative estimate of drug-likeness (QED) is 0.671. The summed E-state index contributed by atoms with van der Waals surface area (Å²) >= 11 is 1.52. The number of aromatic nitrogens is 2. The molecule has 1 atom stereocenters. The maximum Gasteiger partial charge on any atom is 0.262 e. The highest BCUT2D eigenvalue weighted by atomic mass is 35.5. The lowest BCUT2D eigenvalue weighted by Gasteiger charge is -2.11. The Balaban J connectivity index is 0.00000210. The Kier molecular flexibility index (Phi) is 6.52. The molecule has 1 fully saturated rings. The third-order valence-electron chi connectivity index (χ3n) is 4.92. The van der Waals surface area contributed by atoms with Crippen LogP contribution in [0.2, 0.25) is 0 Å². The van der Waals surface area contributed by atoms with Gasteiger partial charge in [-0.15, -0.1) is 23.7 Å². The van der Waals surface area contributed by atoms with E-state index in [-0.39, 0.29) is 18.0 Å². The highest BCUT2D eigenvalue weighted by Crippen LogP contribution is 2.31. The van der Waals surface area contributed by atoms with Crippen LogP contribution in [-0.4, -0.2) is 28.7 Å². The molecular formula is C20H24ClN3O2S. The van der Waals surface area contributed by atoms with Gasteiger partial charge in [0.05, 0.1) is 18.3 Å². The molecule has 1 aromatic carbocycles. The van der Waals surface area contributed by atoms with Crippen LogP contribution in [0.25, 0.3) is 21.3 Å². The molecule has 27 heavy (non-hydrogen) atoms. The van der Waals surface area contributed by atoms with Crippen molar-refractivity contribution in [2.75, 3.05) is 13.2 Å². The molecule has 0 unspecified atom stereocenters. The van der Waals surface area contributed by atoms with E-state index in [2.05, 4.69) is 10.3 Å². The van der Waals surface area contributed by atoms with Crippen LogP contribution in [-0.2, 0) is 6.54 Å². The first-order chi connectivity index (χ1) is 12.8. The van der Waals surface area contributed by atoms with E-state index < -0.39 is 0 Å². The number of nitrogens with one attached hydrogen (secondary N) is 1. The van der Waals surface area contributed by atoms with Crippen molar-refractivity contribution < 1.29 is 4.74 Å². The van der Waals surface area contributed by atoms with Crippen LogP contribution in [0.1, 0.15) is 26.2 Å². The van der Waals surface area contributed by atoms with Crippen LogP contribution in [0.15, 0.2) is 40.8 Å². The number of thiophene rings is 1. The van der Waals surface area contributed by atoms with E-state index in [1.807, 2.05) is 36.6 Å². The molecule has 1 aliphatic rings. The van der Waals surface area contributed by atoms with Gasteiger partial charge in [0.2, 0.25) is 0 Å². The first-order valence-electron chi connectivity index (χ1n) is 9.19. The Hall–Kier alpha value is -1.89. The van der Waals surface area contributed by atoms with Gasteiger partial charge in [-0.05, 0) is 50.4 Å². The molecule has 0 bridgehead atoms. The Labute approximate surface area is 168 Å². The SMILES string of the molecule is CCOc1ccc(-c2csc3ncn(CC[C@@H]4CCCN4)c(=O)c23)cc1.Cl. The molecule has 1 N–H and O–H groups in total. The summed E-state index contributed by atoms with van der Waals surface area (Å²) in [6.45, 7) is 4.40.